The molecule has 1 saturated heterocycles. The molecule has 2 heterocycles. The van der Waals surface area contributed by atoms with Crippen molar-refractivity contribution in [1.29, 1.82) is 0 Å². The van der Waals surface area contributed by atoms with Crippen molar-refractivity contribution in [2.45, 2.75) is 26.3 Å². The molecule has 1 aliphatic rings. The van der Waals surface area contributed by atoms with Crippen molar-refractivity contribution in [2.24, 2.45) is 5.92 Å². The van der Waals surface area contributed by atoms with E-state index < -0.39 is 0 Å². The van der Waals surface area contributed by atoms with E-state index >= 15 is 0 Å². The Morgan fingerprint density at radius 2 is 2.32 bits per heavy atom. The second-order valence-electron chi connectivity index (χ2n) is 5.35. The first-order chi connectivity index (χ1) is 9.24. The highest BCUT2D eigenvalue weighted by Crippen LogP contribution is 2.23. The molecule has 1 atom stereocenters. The van der Waals surface area contributed by atoms with Crippen molar-refractivity contribution in [3.63, 3.8) is 0 Å². The van der Waals surface area contributed by atoms with Gasteiger partial charge in [0, 0.05) is 32.4 Å². The fourth-order valence-electron chi connectivity index (χ4n) is 2.77. The molecule has 1 aliphatic heterocycles. The van der Waals surface area contributed by atoms with E-state index in [-0.39, 0.29) is 0 Å². The van der Waals surface area contributed by atoms with Crippen LogP contribution in [0.15, 0.2) is 12.1 Å². The maximum atomic E-state index is 5.28. The highest BCUT2D eigenvalue weighted by atomic mass is 16.5. The maximum Gasteiger partial charge on any atom is 0.128 e. The minimum Gasteiger partial charge on any atom is -0.384 e. The van der Waals surface area contributed by atoms with Crippen molar-refractivity contribution in [1.82, 2.24) is 10.3 Å². The zero-order valence-corrected chi connectivity index (χ0v) is 12.3. The average molecular weight is 263 g/mol. The van der Waals surface area contributed by atoms with Crippen LogP contribution < -0.4 is 10.2 Å². The summed E-state index contributed by atoms with van der Waals surface area (Å²) >= 11 is 0. The van der Waals surface area contributed by atoms with Crippen LogP contribution in [-0.4, -0.2) is 38.8 Å². The van der Waals surface area contributed by atoms with E-state index in [9.17, 15) is 0 Å². The van der Waals surface area contributed by atoms with E-state index in [1.54, 1.807) is 7.11 Å². The van der Waals surface area contributed by atoms with Gasteiger partial charge in [-0.15, -0.1) is 0 Å². The van der Waals surface area contributed by atoms with Crippen molar-refractivity contribution in [2.75, 3.05) is 38.8 Å². The molecule has 0 aliphatic carbocycles. The summed E-state index contributed by atoms with van der Waals surface area (Å²) in [7, 11) is 3.75. The summed E-state index contributed by atoms with van der Waals surface area (Å²) in [5.74, 6) is 1.75. The Morgan fingerprint density at radius 3 is 3.00 bits per heavy atom. The van der Waals surface area contributed by atoms with Crippen LogP contribution in [0.3, 0.4) is 0 Å². The molecule has 2 rings (SSSR count). The van der Waals surface area contributed by atoms with Crippen LogP contribution in [0.1, 0.15) is 24.1 Å². The van der Waals surface area contributed by atoms with Crippen LogP contribution in [-0.2, 0) is 11.3 Å². The Balaban J connectivity index is 2.06. The van der Waals surface area contributed by atoms with E-state index in [1.807, 2.05) is 7.05 Å². The summed E-state index contributed by atoms with van der Waals surface area (Å²) in [5.41, 5.74) is 2.40. The molecule has 0 spiro atoms. The number of pyridine rings is 1. The van der Waals surface area contributed by atoms with Crippen molar-refractivity contribution in [3.8, 4) is 0 Å². The fraction of sp³-hybridized carbons (Fsp3) is 0.667. The Hall–Kier alpha value is -1.13. The fourth-order valence-corrected chi connectivity index (χ4v) is 2.77. The standard InChI is InChI=1S/C15H25N3O/c1-12-14(9-16-2)6-7-15(17-12)18-8-4-5-13(10-18)11-19-3/h6-7,13,16H,4-5,8-11H2,1-3H3. The molecule has 19 heavy (non-hydrogen) atoms. The zero-order valence-electron chi connectivity index (χ0n) is 12.3. The monoisotopic (exact) mass is 263 g/mol. The third-order valence-corrected chi connectivity index (χ3v) is 3.79. The van der Waals surface area contributed by atoms with Crippen LogP contribution in [0.4, 0.5) is 5.82 Å². The third kappa shape index (κ3) is 3.67. The van der Waals surface area contributed by atoms with Crippen molar-refractivity contribution in [3.05, 3.63) is 23.4 Å². The van der Waals surface area contributed by atoms with Gasteiger partial charge in [0.15, 0.2) is 0 Å². The lowest BCUT2D eigenvalue weighted by Gasteiger charge is -2.33. The van der Waals surface area contributed by atoms with Gasteiger partial charge in [0.2, 0.25) is 0 Å². The lowest BCUT2D eigenvalue weighted by atomic mass is 9.99. The lowest BCUT2D eigenvalue weighted by Crippen LogP contribution is -2.37. The smallest absolute Gasteiger partial charge is 0.128 e. The molecule has 0 amide bonds. The molecule has 4 heteroatoms. The molecule has 0 bridgehead atoms. The van der Waals surface area contributed by atoms with Crippen molar-refractivity contribution < 1.29 is 4.74 Å². The van der Waals surface area contributed by atoms with Gasteiger partial charge < -0.3 is 15.0 Å². The molecular weight excluding hydrogens is 238 g/mol. The minimum atomic E-state index is 0.637. The van der Waals surface area contributed by atoms with Crippen LogP contribution in [0, 0.1) is 12.8 Å². The van der Waals surface area contributed by atoms with Crippen molar-refractivity contribution >= 4 is 5.82 Å². The normalized spacial score (nSPS) is 19.7. The van der Waals surface area contributed by atoms with Gasteiger partial charge in [-0.2, -0.15) is 0 Å². The molecule has 4 nitrogen and oxygen atoms in total. The van der Waals surface area contributed by atoms with Gasteiger partial charge in [-0.3, -0.25) is 0 Å². The van der Waals surface area contributed by atoms with Crippen LogP contribution >= 0.6 is 0 Å². The molecule has 0 aromatic carbocycles. The largest absolute Gasteiger partial charge is 0.384 e. The third-order valence-electron chi connectivity index (χ3n) is 3.79. The number of nitrogens with zero attached hydrogens (tertiary/aromatic N) is 2. The van der Waals surface area contributed by atoms with Crippen LogP contribution in [0.5, 0.6) is 0 Å². The van der Waals surface area contributed by atoms with Gasteiger partial charge in [-0.05, 0) is 44.4 Å². The van der Waals surface area contributed by atoms with Crippen LogP contribution in [0.25, 0.3) is 0 Å². The van der Waals surface area contributed by atoms with Gasteiger partial charge in [-0.1, -0.05) is 6.07 Å². The first-order valence-corrected chi connectivity index (χ1v) is 7.09. The molecule has 1 aromatic heterocycles. The SMILES string of the molecule is CNCc1ccc(N2CCCC(COC)C2)nc1C. The minimum absolute atomic E-state index is 0.637. The molecule has 1 N–H and O–H groups in total. The summed E-state index contributed by atoms with van der Waals surface area (Å²) in [4.78, 5) is 7.15. The second-order valence-corrected chi connectivity index (χ2v) is 5.35. The summed E-state index contributed by atoms with van der Waals surface area (Å²) in [6.07, 6.45) is 2.49. The predicted molar refractivity (Wildman–Crippen MR) is 78.6 cm³/mol. The number of hydrogen-bond acceptors (Lipinski definition) is 4. The number of piperidine rings is 1. The number of nitrogens with one attached hydrogen (secondary N) is 1. The molecule has 1 fully saturated rings. The Bertz CT molecular complexity index is 406. The maximum absolute atomic E-state index is 5.28. The molecular formula is C15H25N3O. The number of anilines is 1. The molecule has 106 valence electrons. The number of aryl methyl sites for hydroxylation is 1. The van der Waals surface area contributed by atoms with E-state index in [0.717, 1.165) is 37.8 Å². The topological polar surface area (TPSA) is 37.4 Å². The summed E-state index contributed by atoms with van der Waals surface area (Å²) in [5, 5.41) is 3.18. The number of ether oxygens (including phenoxy) is 1. The molecule has 1 unspecified atom stereocenters. The van der Waals surface area contributed by atoms with E-state index in [0.29, 0.717) is 5.92 Å². The van der Waals surface area contributed by atoms with Gasteiger partial charge in [0.05, 0.1) is 6.61 Å². The zero-order chi connectivity index (χ0) is 13.7. The number of aromatic nitrogens is 1. The van der Waals surface area contributed by atoms with E-state index in [4.69, 9.17) is 9.72 Å². The number of rotatable bonds is 5. The van der Waals surface area contributed by atoms with Crippen LogP contribution in [0.2, 0.25) is 0 Å². The van der Waals surface area contributed by atoms with Gasteiger partial charge in [-0.25, -0.2) is 4.98 Å². The van der Waals surface area contributed by atoms with E-state index in [2.05, 4.69) is 29.3 Å². The predicted octanol–water partition coefficient (Wildman–Crippen LogP) is 1.97. The van der Waals surface area contributed by atoms with Gasteiger partial charge in [0.1, 0.15) is 5.82 Å². The number of hydrogen-bond donors (Lipinski definition) is 1. The molecule has 0 saturated carbocycles. The summed E-state index contributed by atoms with van der Waals surface area (Å²) < 4.78 is 5.28. The Morgan fingerprint density at radius 1 is 1.47 bits per heavy atom. The quantitative estimate of drug-likeness (QED) is 0.881. The highest BCUT2D eigenvalue weighted by molar-refractivity contribution is 5.42. The first kappa shape index (κ1) is 14.3. The first-order valence-electron chi connectivity index (χ1n) is 7.09. The Kier molecular flexibility index (Phi) is 5.16. The average Bonchev–Trinajstić information content (AvgIpc) is 2.42. The van der Waals surface area contributed by atoms with Gasteiger partial charge in [0.25, 0.3) is 0 Å². The summed E-state index contributed by atoms with van der Waals surface area (Å²) in [6.45, 7) is 6.00. The number of methoxy groups -OCH3 is 1. The molecule has 0 radical (unpaired) electrons. The Labute approximate surface area is 116 Å². The summed E-state index contributed by atoms with van der Waals surface area (Å²) in [6, 6.07) is 4.34. The van der Waals surface area contributed by atoms with E-state index in [1.165, 1.54) is 18.4 Å². The van der Waals surface area contributed by atoms with Gasteiger partial charge >= 0.3 is 0 Å². The highest BCUT2D eigenvalue weighted by Gasteiger charge is 2.21. The second kappa shape index (κ2) is 6.87. The lowest BCUT2D eigenvalue weighted by molar-refractivity contribution is 0.143. The molecule has 1 aromatic rings.